The lowest BCUT2D eigenvalue weighted by molar-refractivity contribution is -0.254. The van der Waals surface area contributed by atoms with Gasteiger partial charge >= 0.3 is 5.97 Å². The van der Waals surface area contributed by atoms with Crippen molar-refractivity contribution >= 4 is 11.7 Å². The first-order valence-electron chi connectivity index (χ1n) is 2.96. The Kier molecular flexibility index (Phi) is 1.87. The normalized spacial score (nSPS) is 9.64. The Balaban J connectivity index is 3.23. The van der Waals surface area contributed by atoms with Crippen LogP contribution < -0.4 is 5.73 Å². The number of carboxylic acid groups (broad SMARTS) is 1. The van der Waals surface area contributed by atoms with Crippen LogP contribution in [0.15, 0.2) is 18.2 Å². The fourth-order valence-electron chi connectivity index (χ4n) is 0.736. The third-order valence-corrected chi connectivity index (χ3v) is 1.26. The van der Waals surface area contributed by atoms with Crippen LogP contribution in [0.5, 0.6) is 0 Å². The van der Waals surface area contributed by atoms with Gasteiger partial charge in [-0.1, -0.05) is 0 Å². The summed E-state index contributed by atoms with van der Waals surface area (Å²) in [5.74, 6) is -2.00. The summed E-state index contributed by atoms with van der Waals surface area (Å²) >= 11 is 0. The molecule has 4 heteroatoms. The first-order chi connectivity index (χ1) is 5.11. The fraction of sp³-hybridized carbons (Fsp3) is 0. The van der Waals surface area contributed by atoms with Crippen molar-refractivity contribution in [1.82, 2.24) is 0 Å². The van der Waals surface area contributed by atoms with Crippen LogP contribution in [0.4, 0.5) is 10.1 Å². The highest BCUT2D eigenvalue weighted by Gasteiger charge is 2.10. The zero-order valence-corrected chi connectivity index (χ0v) is 5.67. The molecule has 58 valence electrons. The average Bonchev–Trinajstić information content (AvgIpc) is 1.94. The van der Waals surface area contributed by atoms with Gasteiger partial charge in [0.1, 0.15) is 17.1 Å². The van der Waals surface area contributed by atoms with Crippen molar-refractivity contribution in [2.24, 2.45) is 0 Å². The molecule has 1 aromatic rings. The van der Waals surface area contributed by atoms with Crippen LogP contribution in [0, 0.1) is 5.82 Å². The second-order valence-corrected chi connectivity index (χ2v) is 2.12. The molecular formula is C7H7FNO2+. The average molecular weight is 156 g/mol. The Morgan fingerprint density at radius 3 is 2.64 bits per heavy atom. The van der Waals surface area contributed by atoms with Crippen LogP contribution in [-0.4, -0.2) is 11.1 Å². The fourth-order valence-corrected chi connectivity index (χ4v) is 0.736. The lowest BCUT2D eigenvalue weighted by Crippen LogP contribution is -2.40. The van der Waals surface area contributed by atoms with Crippen molar-refractivity contribution in [3.05, 3.63) is 29.6 Å². The molecule has 0 unspecified atom stereocenters. The molecule has 3 nitrogen and oxygen atoms in total. The minimum absolute atomic E-state index is 0.336. The summed E-state index contributed by atoms with van der Waals surface area (Å²) in [6.07, 6.45) is 0. The van der Waals surface area contributed by atoms with E-state index in [0.717, 1.165) is 6.07 Å². The van der Waals surface area contributed by atoms with E-state index in [1.807, 2.05) is 0 Å². The van der Waals surface area contributed by atoms with E-state index in [2.05, 4.69) is 5.73 Å². The molecule has 0 radical (unpaired) electrons. The van der Waals surface area contributed by atoms with Crippen LogP contribution in [-0.2, 0) is 0 Å². The van der Waals surface area contributed by atoms with E-state index >= 15 is 0 Å². The van der Waals surface area contributed by atoms with Crippen molar-refractivity contribution < 1.29 is 20.0 Å². The molecule has 0 aliphatic carbocycles. The summed E-state index contributed by atoms with van der Waals surface area (Å²) in [5, 5.41) is 8.42. The minimum Gasteiger partial charge on any atom is -0.478 e. The van der Waals surface area contributed by atoms with Gasteiger partial charge in [0.2, 0.25) is 0 Å². The van der Waals surface area contributed by atoms with Gasteiger partial charge in [0.05, 0.1) is 0 Å². The highest BCUT2D eigenvalue weighted by molar-refractivity contribution is 5.88. The summed E-state index contributed by atoms with van der Waals surface area (Å²) in [7, 11) is 0. The number of carboxylic acids is 1. The molecule has 0 atom stereocenters. The third kappa shape index (κ3) is 1.53. The Morgan fingerprint density at radius 2 is 2.18 bits per heavy atom. The first-order valence-corrected chi connectivity index (χ1v) is 2.96. The van der Waals surface area contributed by atoms with Gasteiger partial charge in [-0.3, -0.25) is 0 Å². The van der Waals surface area contributed by atoms with Crippen LogP contribution in [0.3, 0.4) is 0 Å². The van der Waals surface area contributed by atoms with Crippen LogP contribution in [0.2, 0.25) is 0 Å². The number of aromatic carboxylic acids is 1. The largest absolute Gasteiger partial charge is 0.478 e. The van der Waals surface area contributed by atoms with Gasteiger partial charge in [-0.15, -0.1) is 0 Å². The van der Waals surface area contributed by atoms with E-state index in [1.165, 1.54) is 12.1 Å². The first kappa shape index (κ1) is 7.68. The molecule has 0 heterocycles. The summed E-state index contributed by atoms with van der Waals surface area (Å²) in [4.78, 5) is 10.3. The molecule has 0 aromatic heterocycles. The molecule has 0 fully saturated rings. The minimum atomic E-state index is -1.27. The zero-order valence-electron chi connectivity index (χ0n) is 5.67. The number of quaternary nitrogens is 1. The molecule has 0 amide bonds. The van der Waals surface area contributed by atoms with Gasteiger partial charge in [-0.05, 0) is 6.07 Å². The number of hydrogen-bond donors (Lipinski definition) is 2. The van der Waals surface area contributed by atoms with Gasteiger partial charge < -0.3 is 10.8 Å². The Labute approximate surface area is 62.3 Å². The second kappa shape index (κ2) is 2.67. The van der Waals surface area contributed by atoms with Crippen LogP contribution in [0.1, 0.15) is 10.4 Å². The molecule has 0 aliphatic rings. The van der Waals surface area contributed by atoms with Crippen molar-refractivity contribution in [1.29, 1.82) is 0 Å². The summed E-state index contributed by atoms with van der Waals surface area (Å²) in [6.45, 7) is 0. The molecule has 1 aromatic carbocycles. The van der Waals surface area contributed by atoms with Crippen molar-refractivity contribution in [3.8, 4) is 0 Å². The molecule has 0 saturated carbocycles. The monoisotopic (exact) mass is 156 g/mol. The predicted octanol–water partition coefficient (Wildman–Crippen LogP) is 0.397. The molecular weight excluding hydrogens is 149 g/mol. The molecule has 1 rings (SSSR count). The Hall–Kier alpha value is -1.42. The Morgan fingerprint density at radius 1 is 1.55 bits per heavy atom. The zero-order chi connectivity index (χ0) is 8.43. The van der Waals surface area contributed by atoms with E-state index in [-0.39, 0.29) is 5.56 Å². The third-order valence-electron chi connectivity index (χ3n) is 1.26. The maximum Gasteiger partial charge on any atom is 0.338 e. The lowest BCUT2D eigenvalue weighted by Gasteiger charge is -1.94. The standard InChI is InChI=1S/C7H6FNO2/c8-6-2-1-4(9)3-5(6)7(10)11/h1-3H,9H2,(H,10,11)/p+1. The molecule has 0 spiro atoms. The number of hydrogen-bond acceptors (Lipinski definition) is 1. The quantitative estimate of drug-likeness (QED) is 0.618. The number of benzene rings is 1. The van der Waals surface area contributed by atoms with Crippen molar-refractivity contribution in [2.45, 2.75) is 0 Å². The maximum absolute atomic E-state index is 12.6. The highest BCUT2D eigenvalue weighted by Crippen LogP contribution is 2.10. The van der Waals surface area contributed by atoms with Gasteiger partial charge in [0.25, 0.3) is 0 Å². The van der Waals surface area contributed by atoms with Gasteiger partial charge in [-0.25, -0.2) is 9.18 Å². The van der Waals surface area contributed by atoms with Gasteiger partial charge in [0.15, 0.2) is 0 Å². The molecule has 0 bridgehead atoms. The summed E-state index contributed by atoms with van der Waals surface area (Å²) in [5.41, 5.74) is 3.63. The number of halogens is 1. The van der Waals surface area contributed by atoms with E-state index in [1.54, 1.807) is 0 Å². The van der Waals surface area contributed by atoms with Crippen LogP contribution >= 0.6 is 0 Å². The highest BCUT2D eigenvalue weighted by atomic mass is 19.1. The number of rotatable bonds is 1. The van der Waals surface area contributed by atoms with Gasteiger partial charge in [-0.2, -0.15) is 0 Å². The lowest BCUT2D eigenvalue weighted by atomic mass is 10.2. The number of carbonyl (C=O) groups is 1. The second-order valence-electron chi connectivity index (χ2n) is 2.12. The van der Waals surface area contributed by atoms with E-state index < -0.39 is 11.8 Å². The van der Waals surface area contributed by atoms with Gasteiger partial charge in [0, 0.05) is 12.1 Å². The van der Waals surface area contributed by atoms with Crippen molar-refractivity contribution in [2.75, 3.05) is 0 Å². The topological polar surface area (TPSA) is 64.9 Å². The molecule has 0 aliphatic heterocycles. The predicted molar refractivity (Wildman–Crippen MR) is 35.9 cm³/mol. The molecule has 0 saturated heterocycles. The van der Waals surface area contributed by atoms with E-state index in [9.17, 15) is 9.18 Å². The summed E-state index contributed by atoms with van der Waals surface area (Å²) in [6, 6.07) is 3.70. The van der Waals surface area contributed by atoms with Crippen LogP contribution in [0.25, 0.3) is 0 Å². The Bertz CT molecular complexity index is 298. The van der Waals surface area contributed by atoms with E-state index in [0.29, 0.717) is 5.69 Å². The smallest absolute Gasteiger partial charge is 0.338 e. The summed E-state index contributed by atoms with van der Waals surface area (Å²) < 4.78 is 12.6. The SMILES string of the molecule is [NH3+]c1ccc(F)c(C(=O)O)c1. The molecule has 4 N–H and O–H groups in total. The molecule has 11 heavy (non-hydrogen) atoms. The van der Waals surface area contributed by atoms with Crippen molar-refractivity contribution in [3.63, 3.8) is 0 Å². The maximum atomic E-state index is 12.6. The van der Waals surface area contributed by atoms with E-state index in [4.69, 9.17) is 5.11 Å².